The van der Waals surface area contributed by atoms with Crippen LogP contribution < -0.4 is 0 Å². The molecule has 126 valence electrons. The van der Waals surface area contributed by atoms with E-state index in [4.69, 9.17) is 9.47 Å². The fourth-order valence-electron chi connectivity index (χ4n) is 5.56. The van der Waals surface area contributed by atoms with Gasteiger partial charge in [0.15, 0.2) is 0 Å². The molecule has 0 spiro atoms. The van der Waals surface area contributed by atoms with Crippen LogP contribution in [0.2, 0.25) is 0 Å². The van der Waals surface area contributed by atoms with Gasteiger partial charge in [-0.15, -0.1) is 0 Å². The zero-order valence-electron chi connectivity index (χ0n) is 14.5. The second-order valence-corrected chi connectivity index (χ2v) is 8.68. The molecule has 0 aromatic heterocycles. The van der Waals surface area contributed by atoms with E-state index in [0.717, 1.165) is 31.3 Å². The van der Waals surface area contributed by atoms with Crippen molar-refractivity contribution >= 4 is 5.97 Å². The number of carbonyl (C=O) groups is 1. The highest BCUT2D eigenvalue weighted by Crippen LogP contribution is 2.52. The van der Waals surface area contributed by atoms with Crippen LogP contribution in [0.1, 0.15) is 52.4 Å². The van der Waals surface area contributed by atoms with Crippen LogP contribution in [-0.4, -0.2) is 24.3 Å². The van der Waals surface area contributed by atoms with Gasteiger partial charge in [0.1, 0.15) is 5.60 Å². The molecule has 0 amide bonds. The number of rotatable bonds is 5. The first-order valence-electron chi connectivity index (χ1n) is 9.09. The zero-order valence-corrected chi connectivity index (χ0v) is 14.5. The van der Waals surface area contributed by atoms with Gasteiger partial charge >= 0.3 is 5.97 Å². The van der Waals surface area contributed by atoms with E-state index in [0.29, 0.717) is 23.7 Å². The number of allylic oxidation sites excluding steroid dienone is 2. The van der Waals surface area contributed by atoms with Crippen LogP contribution in [0.5, 0.6) is 0 Å². The summed E-state index contributed by atoms with van der Waals surface area (Å²) in [6.07, 6.45) is 13.4. The van der Waals surface area contributed by atoms with Gasteiger partial charge in [0.2, 0.25) is 0 Å². The molecule has 5 unspecified atom stereocenters. The topological polar surface area (TPSA) is 35.5 Å². The lowest BCUT2D eigenvalue weighted by Gasteiger charge is -2.40. The number of ether oxygens (including phenoxy) is 2. The first-order valence-corrected chi connectivity index (χ1v) is 9.09. The Morgan fingerprint density at radius 3 is 2.61 bits per heavy atom. The van der Waals surface area contributed by atoms with Crippen LogP contribution in [0.15, 0.2) is 23.8 Å². The molecule has 4 bridgehead atoms. The van der Waals surface area contributed by atoms with E-state index in [-0.39, 0.29) is 11.6 Å². The van der Waals surface area contributed by atoms with E-state index in [1.165, 1.54) is 12.8 Å². The van der Waals surface area contributed by atoms with Crippen LogP contribution in [0, 0.1) is 23.7 Å². The van der Waals surface area contributed by atoms with Gasteiger partial charge in [0, 0.05) is 25.0 Å². The van der Waals surface area contributed by atoms with Crippen molar-refractivity contribution < 1.29 is 14.3 Å². The maximum Gasteiger partial charge on any atom is 0.334 e. The second kappa shape index (κ2) is 5.20. The molecular weight excluding hydrogens is 288 g/mol. The lowest BCUT2D eigenvalue weighted by molar-refractivity contribution is -0.161. The number of hydrogen-bond acceptors (Lipinski definition) is 3. The first-order chi connectivity index (χ1) is 10.9. The molecule has 2 fully saturated rings. The molecule has 2 saturated carbocycles. The normalized spacial score (nSPS) is 40.7. The SMILES string of the molecule is COC1(CC(C)(C)OC(=O)C2=CC3CCC2C3)CC2C=CC1C2. The van der Waals surface area contributed by atoms with Gasteiger partial charge in [-0.2, -0.15) is 0 Å². The molecule has 4 rings (SSSR count). The maximum atomic E-state index is 12.6. The lowest BCUT2D eigenvalue weighted by Crippen LogP contribution is -2.45. The highest BCUT2D eigenvalue weighted by Gasteiger charge is 2.52. The first kappa shape index (κ1) is 15.4. The smallest absolute Gasteiger partial charge is 0.334 e. The highest BCUT2D eigenvalue weighted by atomic mass is 16.6. The van der Waals surface area contributed by atoms with E-state index in [1.54, 1.807) is 0 Å². The molecule has 0 N–H and O–H groups in total. The van der Waals surface area contributed by atoms with Crippen molar-refractivity contribution in [2.24, 2.45) is 23.7 Å². The molecule has 0 radical (unpaired) electrons. The predicted octanol–water partition coefficient (Wildman–Crippen LogP) is 4.04. The molecule has 0 saturated heterocycles. The van der Waals surface area contributed by atoms with Gasteiger partial charge in [-0.1, -0.05) is 18.2 Å². The second-order valence-electron chi connectivity index (χ2n) is 8.68. The zero-order chi connectivity index (χ0) is 16.2. The van der Waals surface area contributed by atoms with Gasteiger partial charge < -0.3 is 9.47 Å². The van der Waals surface area contributed by atoms with E-state index < -0.39 is 5.60 Å². The third-order valence-electron chi connectivity index (χ3n) is 6.52. The fourth-order valence-corrected chi connectivity index (χ4v) is 5.56. The number of hydrogen-bond donors (Lipinski definition) is 0. The molecule has 4 aliphatic rings. The van der Waals surface area contributed by atoms with E-state index in [1.807, 2.05) is 21.0 Å². The van der Waals surface area contributed by atoms with Crippen molar-refractivity contribution in [3.05, 3.63) is 23.8 Å². The molecule has 0 heterocycles. The Bertz CT molecular complexity index is 573. The summed E-state index contributed by atoms with van der Waals surface area (Å²) in [6, 6.07) is 0. The van der Waals surface area contributed by atoms with Gasteiger partial charge in [-0.25, -0.2) is 4.79 Å². The summed E-state index contributed by atoms with van der Waals surface area (Å²) in [7, 11) is 1.81. The summed E-state index contributed by atoms with van der Waals surface area (Å²) in [5, 5.41) is 0. The minimum atomic E-state index is -0.492. The molecule has 3 nitrogen and oxygen atoms in total. The predicted molar refractivity (Wildman–Crippen MR) is 88.8 cm³/mol. The molecule has 5 atom stereocenters. The van der Waals surface area contributed by atoms with Crippen molar-refractivity contribution in [2.75, 3.05) is 7.11 Å². The van der Waals surface area contributed by atoms with Crippen LogP contribution >= 0.6 is 0 Å². The molecule has 0 aromatic carbocycles. The lowest BCUT2D eigenvalue weighted by atomic mass is 9.79. The average Bonchev–Trinajstić information content (AvgIpc) is 3.25. The summed E-state index contributed by atoms with van der Waals surface area (Å²) in [6.45, 7) is 4.07. The van der Waals surface area contributed by atoms with Crippen molar-refractivity contribution in [2.45, 2.75) is 63.6 Å². The molecule has 23 heavy (non-hydrogen) atoms. The number of esters is 1. The standard InChI is InChI=1S/C20H28O3/c1-19(2,12-20(22-3)11-14-5-7-16(20)9-14)23-18(21)17-10-13-4-6-15(17)8-13/h5,7,10,13-16H,4,6,8-9,11-12H2,1-3H3. The number of fused-ring (bicyclic) bond motifs is 4. The van der Waals surface area contributed by atoms with E-state index in [9.17, 15) is 4.79 Å². The van der Waals surface area contributed by atoms with E-state index in [2.05, 4.69) is 18.2 Å². The third kappa shape index (κ3) is 2.57. The molecule has 0 aliphatic heterocycles. The highest BCUT2D eigenvalue weighted by molar-refractivity contribution is 5.90. The fraction of sp³-hybridized carbons (Fsp3) is 0.750. The molecule has 4 aliphatic carbocycles. The Labute approximate surface area is 139 Å². The number of carbonyl (C=O) groups excluding carboxylic acids is 1. The Balaban J connectivity index is 1.45. The van der Waals surface area contributed by atoms with Crippen molar-refractivity contribution in [1.29, 1.82) is 0 Å². The van der Waals surface area contributed by atoms with Gasteiger partial charge in [-0.05, 0) is 63.7 Å². The summed E-state index contributed by atoms with van der Waals surface area (Å²) in [5.41, 5.74) is 0.286. The van der Waals surface area contributed by atoms with Crippen molar-refractivity contribution in [1.82, 2.24) is 0 Å². The monoisotopic (exact) mass is 316 g/mol. The minimum Gasteiger partial charge on any atom is -0.456 e. The van der Waals surface area contributed by atoms with Crippen LogP contribution in [-0.2, 0) is 14.3 Å². The number of methoxy groups -OCH3 is 1. The minimum absolute atomic E-state index is 0.0906. The van der Waals surface area contributed by atoms with Crippen LogP contribution in [0.25, 0.3) is 0 Å². The van der Waals surface area contributed by atoms with Crippen molar-refractivity contribution in [3.63, 3.8) is 0 Å². The summed E-state index contributed by atoms with van der Waals surface area (Å²) in [4.78, 5) is 12.6. The molecule has 3 heteroatoms. The maximum absolute atomic E-state index is 12.6. The van der Waals surface area contributed by atoms with Gasteiger partial charge in [0.05, 0.1) is 5.60 Å². The Morgan fingerprint density at radius 1 is 1.26 bits per heavy atom. The third-order valence-corrected chi connectivity index (χ3v) is 6.52. The average molecular weight is 316 g/mol. The molecule has 0 aromatic rings. The summed E-state index contributed by atoms with van der Waals surface area (Å²) in [5.74, 6) is 2.08. The van der Waals surface area contributed by atoms with Gasteiger partial charge in [-0.3, -0.25) is 0 Å². The van der Waals surface area contributed by atoms with Crippen LogP contribution in [0.4, 0.5) is 0 Å². The summed E-state index contributed by atoms with van der Waals surface area (Å²) >= 11 is 0. The Morgan fingerprint density at radius 2 is 2.09 bits per heavy atom. The Hall–Kier alpha value is -1.09. The molecular formula is C20H28O3. The quantitative estimate of drug-likeness (QED) is 0.567. The van der Waals surface area contributed by atoms with Gasteiger partial charge in [0.25, 0.3) is 0 Å². The Kier molecular flexibility index (Phi) is 3.49. The summed E-state index contributed by atoms with van der Waals surface area (Å²) < 4.78 is 11.9. The van der Waals surface area contributed by atoms with Crippen molar-refractivity contribution in [3.8, 4) is 0 Å². The van der Waals surface area contributed by atoms with E-state index >= 15 is 0 Å². The largest absolute Gasteiger partial charge is 0.456 e. The van der Waals surface area contributed by atoms with Crippen LogP contribution in [0.3, 0.4) is 0 Å².